The highest BCUT2D eigenvalue weighted by molar-refractivity contribution is 6.31. The van der Waals surface area contributed by atoms with Crippen molar-refractivity contribution < 1.29 is 4.39 Å². The second-order valence-corrected chi connectivity index (χ2v) is 5.57. The molecular formula is C14H18Cl2FN. The van der Waals surface area contributed by atoms with Crippen LogP contribution in [0.25, 0.3) is 0 Å². The van der Waals surface area contributed by atoms with E-state index in [0.717, 1.165) is 25.1 Å². The average molecular weight is 290 g/mol. The van der Waals surface area contributed by atoms with E-state index < -0.39 is 0 Å². The number of nitrogens with zero attached hydrogens (tertiary/aromatic N) is 1. The molecule has 0 spiro atoms. The Hall–Kier alpha value is -0.310. The highest BCUT2D eigenvalue weighted by Crippen LogP contribution is 2.28. The Bertz CT molecular complexity index is 393. The first kappa shape index (κ1) is 14.1. The summed E-state index contributed by atoms with van der Waals surface area (Å²) in [6, 6.07) is 5.64. The molecule has 0 atom stereocenters. The van der Waals surface area contributed by atoms with Crippen LogP contribution in [0.1, 0.15) is 31.2 Å². The van der Waals surface area contributed by atoms with Gasteiger partial charge < -0.3 is 0 Å². The molecule has 1 aromatic carbocycles. The van der Waals surface area contributed by atoms with Gasteiger partial charge in [0.15, 0.2) is 0 Å². The summed E-state index contributed by atoms with van der Waals surface area (Å²) in [4.78, 5) is 2.38. The SMILES string of the molecule is Fc1cccc(CN(CCCCl)C2CCC2)c1Cl. The fraction of sp³-hybridized carbons (Fsp3) is 0.571. The Morgan fingerprint density at radius 2 is 2.11 bits per heavy atom. The lowest BCUT2D eigenvalue weighted by atomic mass is 9.91. The predicted octanol–water partition coefficient (Wildman–Crippen LogP) is 4.46. The van der Waals surface area contributed by atoms with Gasteiger partial charge in [0.1, 0.15) is 5.82 Å². The van der Waals surface area contributed by atoms with Crippen molar-refractivity contribution in [2.24, 2.45) is 0 Å². The lowest BCUT2D eigenvalue weighted by molar-refractivity contribution is 0.120. The van der Waals surface area contributed by atoms with Gasteiger partial charge >= 0.3 is 0 Å². The van der Waals surface area contributed by atoms with Gasteiger partial charge in [0.2, 0.25) is 0 Å². The van der Waals surface area contributed by atoms with Gasteiger partial charge in [-0.3, -0.25) is 4.90 Å². The van der Waals surface area contributed by atoms with Crippen LogP contribution in [0.15, 0.2) is 18.2 Å². The van der Waals surface area contributed by atoms with Gasteiger partial charge in [0, 0.05) is 18.5 Å². The fourth-order valence-electron chi connectivity index (χ4n) is 2.29. The molecule has 0 N–H and O–H groups in total. The van der Waals surface area contributed by atoms with Crippen LogP contribution in [0.5, 0.6) is 0 Å². The van der Waals surface area contributed by atoms with E-state index in [4.69, 9.17) is 23.2 Å². The molecule has 0 saturated heterocycles. The van der Waals surface area contributed by atoms with Crippen LogP contribution >= 0.6 is 23.2 Å². The summed E-state index contributed by atoms with van der Waals surface area (Å²) in [5.41, 5.74) is 0.873. The zero-order chi connectivity index (χ0) is 13.0. The molecule has 0 amide bonds. The van der Waals surface area contributed by atoms with Crippen LogP contribution in [0, 0.1) is 5.82 Å². The molecule has 1 nitrogen and oxygen atoms in total. The second-order valence-electron chi connectivity index (χ2n) is 4.81. The number of hydrogen-bond donors (Lipinski definition) is 0. The third-order valence-corrected chi connectivity index (χ3v) is 4.27. The molecule has 4 heteroatoms. The van der Waals surface area contributed by atoms with Gasteiger partial charge in [-0.05, 0) is 37.4 Å². The molecule has 1 aliphatic carbocycles. The first-order chi connectivity index (χ1) is 8.72. The Morgan fingerprint density at radius 1 is 1.33 bits per heavy atom. The van der Waals surface area contributed by atoms with E-state index in [1.165, 1.54) is 25.3 Å². The maximum atomic E-state index is 13.4. The van der Waals surface area contributed by atoms with Crippen LogP contribution in [-0.2, 0) is 6.54 Å². The summed E-state index contributed by atoms with van der Waals surface area (Å²) in [6.45, 7) is 1.68. The van der Waals surface area contributed by atoms with Gasteiger partial charge in [-0.15, -0.1) is 11.6 Å². The van der Waals surface area contributed by atoms with Crippen LogP contribution in [0.3, 0.4) is 0 Å². The summed E-state index contributed by atoms with van der Waals surface area (Å²) in [5, 5.41) is 0.257. The highest BCUT2D eigenvalue weighted by atomic mass is 35.5. The third kappa shape index (κ3) is 3.37. The lowest BCUT2D eigenvalue weighted by Crippen LogP contribution is -2.40. The lowest BCUT2D eigenvalue weighted by Gasteiger charge is -2.37. The standard InChI is InChI=1S/C14H18Cl2FN/c15-8-3-9-18(12-5-2-6-12)10-11-4-1-7-13(17)14(11)16/h1,4,7,12H,2-3,5-6,8-10H2. The van der Waals surface area contributed by atoms with Gasteiger partial charge in [-0.1, -0.05) is 30.2 Å². The van der Waals surface area contributed by atoms with Crippen LogP contribution in [0.4, 0.5) is 4.39 Å². The fourth-order valence-corrected chi connectivity index (χ4v) is 2.60. The minimum atomic E-state index is -0.333. The van der Waals surface area contributed by atoms with Crippen molar-refractivity contribution in [3.63, 3.8) is 0 Å². The molecule has 100 valence electrons. The quantitative estimate of drug-likeness (QED) is 0.699. The number of halogens is 3. The maximum Gasteiger partial charge on any atom is 0.142 e. The summed E-state index contributed by atoms with van der Waals surface area (Å²) in [7, 11) is 0. The Kier molecular flexibility index (Phi) is 5.28. The summed E-state index contributed by atoms with van der Waals surface area (Å²) < 4.78 is 13.4. The van der Waals surface area contributed by atoms with Crippen molar-refractivity contribution in [1.29, 1.82) is 0 Å². The van der Waals surface area contributed by atoms with Gasteiger partial charge in [0.05, 0.1) is 5.02 Å². The Labute approximate surface area is 118 Å². The maximum absolute atomic E-state index is 13.4. The molecule has 0 aliphatic heterocycles. The minimum Gasteiger partial charge on any atom is -0.296 e. The smallest absolute Gasteiger partial charge is 0.142 e. The predicted molar refractivity (Wildman–Crippen MR) is 74.8 cm³/mol. The molecule has 0 radical (unpaired) electrons. The normalized spacial score (nSPS) is 16.0. The zero-order valence-corrected chi connectivity index (χ0v) is 11.9. The molecule has 1 aliphatic rings. The van der Waals surface area contributed by atoms with E-state index >= 15 is 0 Å². The molecule has 0 bridgehead atoms. The molecular weight excluding hydrogens is 272 g/mol. The molecule has 2 rings (SSSR count). The minimum absolute atomic E-state index is 0.257. The van der Waals surface area contributed by atoms with Crippen LogP contribution < -0.4 is 0 Å². The molecule has 1 aromatic rings. The summed E-state index contributed by atoms with van der Waals surface area (Å²) in [5.74, 6) is 0.333. The molecule has 1 fully saturated rings. The van der Waals surface area contributed by atoms with Crippen molar-refractivity contribution in [3.8, 4) is 0 Å². The molecule has 0 unspecified atom stereocenters. The Morgan fingerprint density at radius 3 is 2.72 bits per heavy atom. The van der Waals surface area contributed by atoms with Crippen molar-refractivity contribution >= 4 is 23.2 Å². The van der Waals surface area contributed by atoms with Crippen molar-refractivity contribution in [2.75, 3.05) is 12.4 Å². The first-order valence-corrected chi connectivity index (χ1v) is 7.36. The number of hydrogen-bond acceptors (Lipinski definition) is 1. The van der Waals surface area contributed by atoms with Crippen molar-refractivity contribution in [1.82, 2.24) is 4.90 Å². The summed E-state index contributed by atoms with van der Waals surface area (Å²) in [6.07, 6.45) is 4.72. The highest BCUT2D eigenvalue weighted by Gasteiger charge is 2.25. The van der Waals surface area contributed by atoms with Crippen LogP contribution in [-0.4, -0.2) is 23.4 Å². The van der Waals surface area contributed by atoms with Gasteiger partial charge in [-0.2, -0.15) is 0 Å². The van der Waals surface area contributed by atoms with E-state index in [0.29, 0.717) is 11.9 Å². The van der Waals surface area contributed by atoms with E-state index in [1.807, 2.05) is 6.07 Å². The van der Waals surface area contributed by atoms with Crippen LogP contribution in [0.2, 0.25) is 5.02 Å². The molecule has 18 heavy (non-hydrogen) atoms. The largest absolute Gasteiger partial charge is 0.296 e. The monoisotopic (exact) mass is 289 g/mol. The topological polar surface area (TPSA) is 3.24 Å². The Balaban J connectivity index is 2.04. The van der Waals surface area contributed by atoms with Gasteiger partial charge in [0.25, 0.3) is 0 Å². The van der Waals surface area contributed by atoms with Crippen molar-refractivity contribution in [2.45, 2.75) is 38.3 Å². The first-order valence-electron chi connectivity index (χ1n) is 6.45. The van der Waals surface area contributed by atoms with E-state index in [1.54, 1.807) is 6.07 Å². The third-order valence-electron chi connectivity index (χ3n) is 3.58. The summed E-state index contributed by atoms with van der Waals surface area (Å²) >= 11 is 11.8. The number of alkyl halides is 1. The number of benzene rings is 1. The average Bonchev–Trinajstić information content (AvgIpc) is 2.29. The van der Waals surface area contributed by atoms with E-state index in [9.17, 15) is 4.39 Å². The van der Waals surface area contributed by atoms with E-state index in [2.05, 4.69) is 4.90 Å². The second kappa shape index (κ2) is 6.74. The van der Waals surface area contributed by atoms with Gasteiger partial charge in [-0.25, -0.2) is 4.39 Å². The molecule has 0 aromatic heterocycles. The van der Waals surface area contributed by atoms with E-state index in [-0.39, 0.29) is 10.8 Å². The zero-order valence-electron chi connectivity index (χ0n) is 10.3. The number of rotatable bonds is 6. The molecule has 0 heterocycles. The van der Waals surface area contributed by atoms with Crippen molar-refractivity contribution in [3.05, 3.63) is 34.6 Å². The molecule has 1 saturated carbocycles.